The number of thiophene rings is 1. The Morgan fingerprint density at radius 1 is 1.04 bits per heavy atom. The molecule has 0 N–H and O–H groups in total. The molecule has 2 aliphatic rings. The standard InChI is InChI=1S/C18H23N3O2S2/c22-25(23,20-10-2-1-3-11-20)15-8-9-18(19-14-15)21-12-4-6-16(21)17-7-5-13-24-17/h5,7-9,13-14,16H,1-4,6,10-12H2/t16-/m1/s1. The van der Waals surface area contributed by atoms with Crippen LogP contribution in [0.15, 0.2) is 40.7 Å². The average molecular weight is 378 g/mol. The predicted molar refractivity (Wildman–Crippen MR) is 100 cm³/mol. The van der Waals surface area contributed by atoms with E-state index >= 15 is 0 Å². The molecule has 2 saturated heterocycles. The zero-order valence-electron chi connectivity index (χ0n) is 14.2. The van der Waals surface area contributed by atoms with Crippen LogP contribution in [0.2, 0.25) is 0 Å². The highest BCUT2D eigenvalue weighted by Crippen LogP contribution is 2.37. The molecule has 2 aromatic rings. The summed E-state index contributed by atoms with van der Waals surface area (Å²) in [6, 6.07) is 8.19. The Hall–Kier alpha value is -1.44. The zero-order valence-corrected chi connectivity index (χ0v) is 15.8. The smallest absolute Gasteiger partial charge is 0.244 e. The lowest BCUT2D eigenvalue weighted by molar-refractivity contribution is 0.346. The Kier molecular flexibility index (Phi) is 4.80. The van der Waals surface area contributed by atoms with Gasteiger partial charge in [0.05, 0.1) is 6.04 Å². The number of aromatic nitrogens is 1. The second kappa shape index (κ2) is 7.05. The van der Waals surface area contributed by atoms with E-state index in [1.807, 2.05) is 6.07 Å². The fourth-order valence-corrected chi connectivity index (χ4v) is 6.10. The van der Waals surface area contributed by atoms with E-state index in [0.717, 1.165) is 44.5 Å². The van der Waals surface area contributed by atoms with E-state index in [1.165, 1.54) is 11.1 Å². The van der Waals surface area contributed by atoms with Crippen LogP contribution in [0.3, 0.4) is 0 Å². The minimum absolute atomic E-state index is 0.310. The molecule has 25 heavy (non-hydrogen) atoms. The highest BCUT2D eigenvalue weighted by Gasteiger charge is 2.29. The number of hydrogen-bond acceptors (Lipinski definition) is 5. The van der Waals surface area contributed by atoms with Gasteiger partial charge >= 0.3 is 0 Å². The Bertz CT molecular complexity index is 797. The SMILES string of the molecule is O=S(=O)(c1ccc(N2CCC[C@@H]2c2cccs2)nc1)N1CCCCC1. The van der Waals surface area contributed by atoms with Crippen molar-refractivity contribution in [1.29, 1.82) is 0 Å². The van der Waals surface area contributed by atoms with Crippen molar-refractivity contribution in [3.05, 3.63) is 40.7 Å². The monoisotopic (exact) mass is 377 g/mol. The maximum atomic E-state index is 12.7. The molecule has 7 heteroatoms. The maximum absolute atomic E-state index is 12.7. The van der Waals surface area contributed by atoms with Gasteiger partial charge in [-0.2, -0.15) is 4.31 Å². The fourth-order valence-electron chi connectivity index (χ4n) is 3.77. The Morgan fingerprint density at radius 2 is 1.88 bits per heavy atom. The second-order valence-electron chi connectivity index (χ2n) is 6.68. The van der Waals surface area contributed by atoms with E-state index < -0.39 is 10.0 Å². The largest absolute Gasteiger partial charge is 0.349 e. The van der Waals surface area contributed by atoms with Crippen LogP contribution in [-0.4, -0.2) is 37.3 Å². The van der Waals surface area contributed by atoms with E-state index in [-0.39, 0.29) is 0 Å². The Morgan fingerprint density at radius 3 is 2.56 bits per heavy atom. The number of piperidine rings is 1. The summed E-state index contributed by atoms with van der Waals surface area (Å²) in [4.78, 5) is 8.46. The molecule has 0 aromatic carbocycles. The van der Waals surface area contributed by atoms with Crippen LogP contribution >= 0.6 is 11.3 Å². The van der Waals surface area contributed by atoms with Gasteiger partial charge in [-0.15, -0.1) is 11.3 Å². The van der Waals surface area contributed by atoms with Crippen molar-refractivity contribution in [2.45, 2.75) is 43.0 Å². The van der Waals surface area contributed by atoms with Crippen molar-refractivity contribution in [1.82, 2.24) is 9.29 Å². The highest BCUT2D eigenvalue weighted by molar-refractivity contribution is 7.89. The molecule has 0 amide bonds. The molecule has 0 saturated carbocycles. The number of nitrogens with zero attached hydrogens (tertiary/aromatic N) is 3. The van der Waals surface area contributed by atoms with E-state index in [9.17, 15) is 8.42 Å². The summed E-state index contributed by atoms with van der Waals surface area (Å²) in [6.45, 7) is 2.21. The molecule has 5 nitrogen and oxygen atoms in total. The number of sulfonamides is 1. The average Bonchev–Trinajstić information content (AvgIpc) is 3.34. The van der Waals surface area contributed by atoms with E-state index in [0.29, 0.717) is 24.0 Å². The van der Waals surface area contributed by atoms with Crippen molar-refractivity contribution in [2.75, 3.05) is 24.5 Å². The van der Waals surface area contributed by atoms with Gasteiger partial charge < -0.3 is 4.90 Å². The van der Waals surface area contributed by atoms with Crippen molar-refractivity contribution in [3.63, 3.8) is 0 Å². The van der Waals surface area contributed by atoms with E-state index in [2.05, 4.69) is 27.4 Å². The number of anilines is 1. The van der Waals surface area contributed by atoms with Crippen LogP contribution in [0.4, 0.5) is 5.82 Å². The van der Waals surface area contributed by atoms with Crippen LogP contribution in [-0.2, 0) is 10.0 Å². The maximum Gasteiger partial charge on any atom is 0.244 e. The highest BCUT2D eigenvalue weighted by atomic mass is 32.2. The molecule has 2 aliphatic heterocycles. The third-order valence-electron chi connectivity index (χ3n) is 5.09. The lowest BCUT2D eigenvalue weighted by atomic mass is 10.2. The van der Waals surface area contributed by atoms with Gasteiger partial charge in [-0.3, -0.25) is 0 Å². The topological polar surface area (TPSA) is 53.5 Å². The third-order valence-corrected chi connectivity index (χ3v) is 7.95. The quantitative estimate of drug-likeness (QED) is 0.816. The van der Waals surface area contributed by atoms with Gasteiger partial charge in [0.1, 0.15) is 10.7 Å². The van der Waals surface area contributed by atoms with Gasteiger partial charge in [-0.25, -0.2) is 13.4 Å². The molecule has 2 aromatic heterocycles. The predicted octanol–water partition coefficient (Wildman–Crippen LogP) is 3.66. The minimum Gasteiger partial charge on any atom is -0.349 e. The zero-order chi connectivity index (χ0) is 17.3. The normalized spacial score (nSPS) is 22.4. The molecule has 0 aliphatic carbocycles. The van der Waals surface area contributed by atoms with Gasteiger partial charge in [0.25, 0.3) is 0 Å². The molecule has 0 radical (unpaired) electrons. The summed E-state index contributed by atoms with van der Waals surface area (Å²) in [7, 11) is -3.40. The number of pyridine rings is 1. The van der Waals surface area contributed by atoms with Crippen molar-refractivity contribution >= 4 is 27.2 Å². The van der Waals surface area contributed by atoms with Crippen LogP contribution in [0.25, 0.3) is 0 Å². The summed E-state index contributed by atoms with van der Waals surface area (Å²) < 4.78 is 27.1. The Labute approximate surface area is 153 Å². The van der Waals surface area contributed by atoms with Gasteiger partial charge in [0.2, 0.25) is 10.0 Å². The van der Waals surface area contributed by atoms with Crippen LogP contribution in [0.5, 0.6) is 0 Å². The molecular weight excluding hydrogens is 354 g/mol. The van der Waals surface area contributed by atoms with E-state index in [1.54, 1.807) is 21.7 Å². The summed E-state index contributed by atoms with van der Waals surface area (Å²) >= 11 is 1.77. The first-order valence-electron chi connectivity index (χ1n) is 8.92. The summed E-state index contributed by atoms with van der Waals surface area (Å²) in [5, 5.41) is 2.10. The van der Waals surface area contributed by atoms with Gasteiger partial charge in [0, 0.05) is 30.7 Å². The van der Waals surface area contributed by atoms with Crippen LogP contribution < -0.4 is 4.90 Å². The van der Waals surface area contributed by atoms with E-state index in [4.69, 9.17) is 0 Å². The molecule has 0 spiro atoms. The molecule has 4 rings (SSSR count). The lowest BCUT2D eigenvalue weighted by Crippen LogP contribution is -2.35. The van der Waals surface area contributed by atoms with Crippen LogP contribution in [0, 0.1) is 0 Å². The van der Waals surface area contributed by atoms with Gasteiger partial charge in [-0.1, -0.05) is 12.5 Å². The van der Waals surface area contributed by atoms with Gasteiger partial charge in [0.15, 0.2) is 0 Å². The minimum atomic E-state index is -3.40. The summed E-state index contributed by atoms with van der Waals surface area (Å²) in [6.07, 6.45) is 6.79. The first-order valence-corrected chi connectivity index (χ1v) is 11.2. The molecular formula is C18H23N3O2S2. The van der Waals surface area contributed by atoms with Gasteiger partial charge in [-0.05, 0) is 49.3 Å². The van der Waals surface area contributed by atoms with Crippen LogP contribution in [0.1, 0.15) is 43.0 Å². The summed E-state index contributed by atoms with van der Waals surface area (Å²) in [5.41, 5.74) is 0. The number of hydrogen-bond donors (Lipinski definition) is 0. The first-order chi connectivity index (χ1) is 12.2. The van der Waals surface area contributed by atoms with Crippen molar-refractivity contribution in [2.24, 2.45) is 0 Å². The lowest BCUT2D eigenvalue weighted by Gasteiger charge is -2.27. The first kappa shape index (κ1) is 17.0. The molecule has 2 fully saturated rings. The number of rotatable bonds is 4. The fraction of sp³-hybridized carbons (Fsp3) is 0.500. The van der Waals surface area contributed by atoms with Crippen molar-refractivity contribution in [3.8, 4) is 0 Å². The molecule has 1 atom stereocenters. The Balaban J connectivity index is 1.55. The molecule has 0 bridgehead atoms. The summed E-state index contributed by atoms with van der Waals surface area (Å²) in [5.74, 6) is 0.869. The molecule has 4 heterocycles. The van der Waals surface area contributed by atoms with Crippen molar-refractivity contribution < 1.29 is 8.42 Å². The second-order valence-corrected chi connectivity index (χ2v) is 9.60. The molecule has 134 valence electrons. The molecule has 0 unspecified atom stereocenters. The third kappa shape index (κ3) is 3.32.